The molecule has 1 saturated heterocycles. The first-order valence-electron chi connectivity index (χ1n) is 12.2. The van der Waals surface area contributed by atoms with Gasteiger partial charge in [0.05, 0.1) is 6.10 Å². The molecule has 1 heterocycles. The van der Waals surface area contributed by atoms with E-state index in [1.807, 2.05) is 66.7 Å². The van der Waals surface area contributed by atoms with Crippen LogP contribution in [0.2, 0.25) is 5.04 Å². The molecule has 1 N–H and O–H groups in total. The summed E-state index contributed by atoms with van der Waals surface area (Å²) in [7, 11) is -2.98. The molecule has 3 aromatic rings. The molecule has 0 spiro atoms. The van der Waals surface area contributed by atoms with E-state index in [2.05, 4.69) is 45.0 Å². The summed E-state index contributed by atoms with van der Waals surface area (Å²) in [5, 5.41) is 12.0. The van der Waals surface area contributed by atoms with E-state index in [4.69, 9.17) is 9.16 Å². The Morgan fingerprint density at radius 1 is 0.889 bits per heavy atom. The van der Waals surface area contributed by atoms with E-state index in [-0.39, 0.29) is 18.2 Å². The van der Waals surface area contributed by atoms with Crippen molar-refractivity contribution in [2.24, 2.45) is 0 Å². The second kappa shape index (κ2) is 10.7. The van der Waals surface area contributed by atoms with E-state index in [1.54, 1.807) is 0 Å². The van der Waals surface area contributed by atoms with Gasteiger partial charge in [-0.25, -0.2) is 9.59 Å². The molecular weight excluding hydrogens is 470 g/mol. The summed E-state index contributed by atoms with van der Waals surface area (Å²) in [5.41, 5.74) is 0.844. The minimum atomic E-state index is -2.98. The number of carboxylic acids is 1. The fraction of sp³-hybridized carbons (Fsp3) is 0.310. The highest BCUT2D eigenvalue weighted by Crippen LogP contribution is 2.39. The van der Waals surface area contributed by atoms with Crippen molar-refractivity contribution < 1.29 is 23.9 Å². The van der Waals surface area contributed by atoms with E-state index in [0.717, 1.165) is 15.9 Å². The summed E-state index contributed by atoms with van der Waals surface area (Å²) in [5.74, 6) is -1.09. The second-order valence-corrected chi connectivity index (χ2v) is 14.4. The predicted octanol–water partition coefficient (Wildman–Crippen LogP) is 4.43. The number of carbonyl (C=O) groups is 2. The number of nitrogens with zero attached hydrogens (tertiary/aromatic N) is 1. The molecule has 1 fully saturated rings. The summed E-state index contributed by atoms with van der Waals surface area (Å²) < 4.78 is 12.5. The van der Waals surface area contributed by atoms with Gasteiger partial charge in [0.15, 0.2) is 6.04 Å². The SMILES string of the molecule is CC(C)(C)[Si](O[C@H]1CCN(C(=O)OCc2ccccc2)[C@H]1C(=O)O)(c1ccccc1)c1ccccc1. The average Bonchev–Trinajstić information content (AvgIpc) is 3.31. The zero-order chi connectivity index (χ0) is 25.8. The maximum absolute atomic E-state index is 13.0. The van der Waals surface area contributed by atoms with E-state index >= 15 is 0 Å². The van der Waals surface area contributed by atoms with Crippen LogP contribution in [0.1, 0.15) is 32.8 Å². The van der Waals surface area contributed by atoms with Gasteiger partial charge >= 0.3 is 12.1 Å². The minimum Gasteiger partial charge on any atom is -0.480 e. The zero-order valence-corrected chi connectivity index (χ0v) is 22.0. The highest BCUT2D eigenvalue weighted by Gasteiger charge is 2.55. The standard InChI is InChI=1S/C29H33NO5Si/c1-29(2,3)36(23-15-9-5-10-16-23,24-17-11-6-12-18-24)35-25-19-20-30(26(25)27(31)32)28(33)34-21-22-13-7-4-8-14-22/h4-18,25-26H,19-21H2,1-3H3,(H,31,32)/t25-,26+/m0/s1. The number of hydrogen-bond acceptors (Lipinski definition) is 4. The van der Waals surface area contributed by atoms with Crippen LogP contribution >= 0.6 is 0 Å². The van der Waals surface area contributed by atoms with Crippen LogP contribution in [0.5, 0.6) is 0 Å². The number of amides is 1. The maximum Gasteiger partial charge on any atom is 0.410 e. The second-order valence-electron chi connectivity index (χ2n) is 10.1. The Morgan fingerprint density at radius 2 is 1.39 bits per heavy atom. The summed E-state index contributed by atoms with van der Waals surface area (Å²) >= 11 is 0. The molecule has 6 nitrogen and oxygen atoms in total. The normalized spacial score (nSPS) is 18.1. The molecule has 1 aliphatic rings. The Morgan fingerprint density at radius 3 is 1.86 bits per heavy atom. The lowest BCUT2D eigenvalue weighted by atomic mass is 10.2. The third kappa shape index (κ3) is 5.08. The van der Waals surface area contributed by atoms with Gasteiger partial charge < -0.3 is 14.3 Å². The van der Waals surface area contributed by atoms with Crippen LogP contribution in [-0.2, 0) is 20.6 Å². The Labute approximate surface area is 213 Å². The van der Waals surface area contributed by atoms with Crippen LogP contribution in [0.3, 0.4) is 0 Å². The first-order valence-corrected chi connectivity index (χ1v) is 14.1. The molecule has 0 radical (unpaired) electrons. The third-order valence-corrected chi connectivity index (χ3v) is 11.8. The third-order valence-electron chi connectivity index (χ3n) is 6.78. The number of benzene rings is 3. The van der Waals surface area contributed by atoms with Crippen LogP contribution in [0.4, 0.5) is 4.79 Å². The minimum absolute atomic E-state index is 0.0861. The summed E-state index contributed by atoms with van der Waals surface area (Å²) in [6.07, 6.45) is -0.889. The smallest absolute Gasteiger partial charge is 0.410 e. The van der Waals surface area contributed by atoms with Gasteiger partial charge in [-0.3, -0.25) is 4.90 Å². The lowest BCUT2D eigenvalue weighted by Crippen LogP contribution is -2.68. The van der Waals surface area contributed by atoms with E-state index < -0.39 is 32.5 Å². The molecule has 0 bridgehead atoms. The number of rotatable bonds is 7. The first-order chi connectivity index (χ1) is 17.2. The van der Waals surface area contributed by atoms with Crippen molar-refractivity contribution in [2.45, 2.75) is 51.0 Å². The quantitative estimate of drug-likeness (QED) is 0.483. The molecule has 3 aromatic carbocycles. The number of hydrogen-bond donors (Lipinski definition) is 1. The number of likely N-dealkylation sites (tertiary alicyclic amines) is 1. The largest absolute Gasteiger partial charge is 0.480 e. The molecule has 7 heteroatoms. The number of aliphatic carboxylic acids is 1. The molecule has 188 valence electrons. The van der Waals surface area contributed by atoms with Crippen molar-refractivity contribution in [3.8, 4) is 0 Å². The molecule has 2 atom stereocenters. The number of carbonyl (C=O) groups excluding carboxylic acids is 1. The Hall–Kier alpha value is -3.42. The fourth-order valence-corrected chi connectivity index (χ4v) is 9.82. The summed E-state index contributed by atoms with van der Waals surface area (Å²) in [4.78, 5) is 26.8. The van der Waals surface area contributed by atoms with E-state index in [9.17, 15) is 14.7 Å². The van der Waals surface area contributed by atoms with Crippen molar-refractivity contribution in [3.63, 3.8) is 0 Å². The molecule has 0 saturated carbocycles. The predicted molar refractivity (Wildman–Crippen MR) is 142 cm³/mol. The van der Waals surface area contributed by atoms with Crippen molar-refractivity contribution in [2.75, 3.05) is 6.54 Å². The average molecular weight is 504 g/mol. The molecule has 0 unspecified atom stereocenters. The van der Waals surface area contributed by atoms with Crippen LogP contribution in [0.15, 0.2) is 91.0 Å². The van der Waals surface area contributed by atoms with Crippen LogP contribution < -0.4 is 10.4 Å². The molecule has 0 aromatic heterocycles. The summed E-state index contributed by atoms with van der Waals surface area (Å²) in [6.45, 7) is 6.79. The molecular formula is C29H33NO5Si. The molecule has 1 aliphatic heterocycles. The topological polar surface area (TPSA) is 76.1 Å². The van der Waals surface area contributed by atoms with Gasteiger partial charge in [0.2, 0.25) is 0 Å². The summed E-state index contributed by atoms with van der Waals surface area (Å²) in [6, 6.07) is 28.4. The van der Waals surface area contributed by atoms with Crippen molar-refractivity contribution in [3.05, 3.63) is 96.6 Å². The molecule has 4 rings (SSSR count). The number of carboxylic acid groups (broad SMARTS) is 1. The zero-order valence-electron chi connectivity index (χ0n) is 21.0. The Bertz CT molecular complexity index is 1130. The molecule has 0 aliphatic carbocycles. The van der Waals surface area contributed by atoms with Crippen molar-refractivity contribution in [1.29, 1.82) is 0 Å². The van der Waals surface area contributed by atoms with Gasteiger partial charge in [-0.2, -0.15) is 0 Å². The molecule has 1 amide bonds. The highest BCUT2D eigenvalue weighted by molar-refractivity contribution is 6.99. The van der Waals surface area contributed by atoms with Gasteiger partial charge in [0.1, 0.15) is 6.61 Å². The van der Waals surface area contributed by atoms with Crippen LogP contribution in [0.25, 0.3) is 0 Å². The van der Waals surface area contributed by atoms with Crippen molar-refractivity contribution >= 4 is 30.8 Å². The number of ether oxygens (including phenoxy) is 1. The lowest BCUT2D eigenvalue weighted by molar-refractivity contribution is -0.144. The maximum atomic E-state index is 13.0. The highest BCUT2D eigenvalue weighted by atomic mass is 28.4. The van der Waals surface area contributed by atoms with Gasteiger partial charge in [-0.05, 0) is 27.4 Å². The van der Waals surface area contributed by atoms with Gasteiger partial charge in [-0.15, -0.1) is 0 Å². The first kappa shape index (κ1) is 25.7. The van der Waals surface area contributed by atoms with Crippen LogP contribution in [0, 0.1) is 0 Å². The lowest BCUT2D eigenvalue weighted by Gasteiger charge is -2.45. The molecule has 36 heavy (non-hydrogen) atoms. The van der Waals surface area contributed by atoms with Gasteiger partial charge in [0, 0.05) is 6.54 Å². The Balaban J connectivity index is 1.67. The Kier molecular flexibility index (Phi) is 7.61. The van der Waals surface area contributed by atoms with Crippen molar-refractivity contribution in [1.82, 2.24) is 4.90 Å². The fourth-order valence-electron chi connectivity index (χ4n) is 5.11. The van der Waals surface area contributed by atoms with E-state index in [0.29, 0.717) is 6.42 Å². The van der Waals surface area contributed by atoms with Gasteiger partial charge in [0.25, 0.3) is 8.32 Å². The van der Waals surface area contributed by atoms with Crippen LogP contribution in [-0.4, -0.2) is 49.1 Å². The van der Waals surface area contributed by atoms with E-state index in [1.165, 1.54) is 4.90 Å². The monoisotopic (exact) mass is 503 g/mol. The van der Waals surface area contributed by atoms with Gasteiger partial charge in [-0.1, -0.05) is 112 Å².